The van der Waals surface area contributed by atoms with Gasteiger partial charge in [0.1, 0.15) is 6.54 Å². The highest BCUT2D eigenvalue weighted by Gasteiger charge is 2.42. The van der Waals surface area contributed by atoms with Gasteiger partial charge in [-0.1, -0.05) is 124 Å². The van der Waals surface area contributed by atoms with Crippen LogP contribution >= 0.6 is 0 Å². The van der Waals surface area contributed by atoms with Crippen molar-refractivity contribution in [2.45, 2.75) is 72.3 Å². The Morgan fingerprint density at radius 1 is 0.708 bits per heavy atom. The fourth-order valence-electron chi connectivity index (χ4n) is 7.75. The van der Waals surface area contributed by atoms with Gasteiger partial charge in [-0.25, -0.2) is 0 Å². The maximum atomic E-state index is 14.5. The molecule has 1 aliphatic carbocycles. The first kappa shape index (κ1) is 31.6. The number of carbonyl (C=O) groups excluding carboxylic acids is 1. The summed E-state index contributed by atoms with van der Waals surface area (Å²) in [4.78, 5) is 14.5. The molecule has 242 valence electrons. The van der Waals surface area contributed by atoms with E-state index in [0.717, 1.165) is 81.6 Å². The molecule has 5 aromatic rings. The van der Waals surface area contributed by atoms with Crippen molar-refractivity contribution in [1.29, 1.82) is 0 Å². The lowest BCUT2D eigenvalue weighted by molar-refractivity contribution is -0.433. The van der Waals surface area contributed by atoms with Gasteiger partial charge in [0, 0.05) is 52.3 Å². The summed E-state index contributed by atoms with van der Waals surface area (Å²) < 4.78 is 4.58. The number of hydrogen-bond donors (Lipinski definition) is 0. The average Bonchev–Trinajstić information content (AvgIpc) is 3.57. The van der Waals surface area contributed by atoms with Gasteiger partial charge in [0.05, 0.1) is 11.1 Å². The SMILES string of the molecule is CCCCCCCCC1=[N+](CC)c2ccc(-c3ccccc3)cc2/C1=C1\C(=O)C(c2c(C)n(Cc3ccccc3)c3ccccc23)=C1[O-]. The normalized spacial score (nSPS) is 15.9. The quantitative estimate of drug-likeness (QED) is 0.0781. The maximum absolute atomic E-state index is 14.5. The molecule has 0 N–H and O–H groups in total. The first-order valence-corrected chi connectivity index (χ1v) is 17.7. The number of fused-ring (bicyclic) bond motifs is 2. The molecule has 2 aliphatic rings. The maximum Gasteiger partial charge on any atom is 0.213 e. The van der Waals surface area contributed by atoms with E-state index in [0.29, 0.717) is 17.7 Å². The molecule has 0 unspecified atom stereocenters. The number of hydrogen-bond acceptors (Lipinski definition) is 2. The summed E-state index contributed by atoms with van der Waals surface area (Å²) in [6.45, 7) is 7.91. The Morgan fingerprint density at radius 3 is 2.12 bits per heavy atom. The Bertz CT molecular complexity index is 2090. The van der Waals surface area contributed by atoms with Crippen molar-refractivity contribution in [3.63, 3.8) is 0 Å². The third-order valence-corrected chi connectivity index (χ3v) is 10.2. The van der Waals surface area contributed by atoms with Crippen molar-refractivity contribution in [1.82, 2.24) is 4.57 Å². The first-order valence-electron chi connectivity index (χ1n) is 17.7. The van der Waals surface area contributed by atoms with Crippen molar-refractivity contribution in [2.24, 2.45) is 0 Å². The highest BCUT2D eigenvalue weighted by atomic mass is 16.3. The lowest BCUT2D eigenvalue weighted by Gasteiger charge is -2.32. The molecular formula is C44H44N2O2. The standard InChI is InChI=1S/C44H44N2O2/c1-4-6-7-8-9-16-25-38-40(35-28-33(32-21-14-11-15-22-32)26-27-37(35)45(38)5-2)42-43(47)41(44(42)48)39-30(3)46(29-31-19-12-10-13-20-31)36-24-18-17-23-34(36)39/h10-15,17-24,26-28H,4-9,16,25,29H2,1-3H3. The largest absolute Gasteiger partial charge is 0.871 e. The minimum absolute atomic E-state index is 0.129. The van der Waals surface area contributed by atoms with Gasteiger partial charge in [0.25, 0.3) is 0 Å². The molecule has 48 heavy (non-hydrogen) atoms. The Kier molecular flexibility index (Phi) is 8.99. The fourth-order valence-corrected chi connectivity index (χ4v) is 7.75. The van der Waals surface area contributed by atoms with Crippen LogP contribution in [0.1, 0.15) is 81.2 Å². The van der Waals surface area contributed by atoms with Crippen molar-refractivity contribution < 1.29 is 14.5 Å². The van der Waals surface area contributed by atoms with Gasteiger partial charge in [-0.3, -0.25) is 4.79 Å². The predicted octanol–water partition coefficient (Wildman–Crippen LogP) is 9.64. The Balaban J connectivity index is 1.36. The lowest BCUT2D eigenvalue weighted by atomic mass is 9.77. The van der Waals surface area contributed by atoms with Gasteiger partial charge in [-0.15, -0.1) is 0 Å². The molecule has 0 spiro atoms. The van der Waals surface area contributed by atoms with Crippen LogP contribution in [0.2, 0.25) is 0 Å². The summed E-state index contributed by atoms with van der Waals surface area (Å²) in [6, 6.07) is 35.4. The number of rotatable bonds is 12. The van der Waals surface area contributed by atoms with Gasteiger partial charge in [-0.2, -0.15) is 4.58 Å². The van der Waals surface area contributed by atoms with Crippen LogP contribution in [-0.2, 0) is 11.3 Å². The van der Waals surface area contributed by atoms with Crippen LogP contribution in [0, 0.1) is 6.92 Å². The van der Waals surface area contributed by atoms with E-state index >= 15 is 0 Å². The molecule has 1 aromatic heterocycles. The van der Waals surface area contributed by atoms with Crippen molar-refractivity contribution in [3.05, 3.63) is 137 Å². The molecule has 0 fully saturated rings. The molecule has 0 saturated heterocycles. The van der Waals surface area contributed by atoms with Crippen LogP contribution in [0.15, 0.2) is 114 Å². The molecule has 0 radical (unpaired) electrons. The third kappa shape index (κ3) is 5.53. The summed E-state index contributed by atoms with van der Waals surface area (Å²) in [5.41, 5.74) is 10.9. The number of benzene rings is 4. The van der Waals surface area contributed by atoms with E-state index in [9.17, 15) is 9.90 Å². The number of aromatic nitrogens is 1. The second-order valence-electron chi connectivity index (χ2n) is 13.1. The third-order valence-electron chi connectivity index (χ3n) is 10.2. The van der Waals surface area contributed by atoms with Gasteiger partial charge < -0.3 is 9.67 Å². The molecular weight excluding hydrogens is 588 g/mol. The van der Waals surface area contributed by atoms with Crippen molar-refractivity contribution in [2.75, 3.05) is 6.54 Å². The molecule has 4 nitrogen and oxygen atoms in total. The zero-order valence-electron chi connectivity index (χ0n) is 28.4. The molecule has 1 aliphatic heterocycles. The summed E-state index contributed by atoms with van der Waals surface area (Å²) in [6.07, 6.45) is 8.00. The second kappa shape index (κ2) is 13.6. The van der Waals surface area contributed by atoms with E-state index in [2.05, 4.69) is 71.5 Å². The topological polar surface area (TPSA) is 48.1 Å². The Hall–Kier alpha value is -4.96. The zero-order chi connectivity index (χ0) is 33.2. The molecule has 0 saturated carbocycles. The summed E-state index contributed by atoms with van der Waals surface area (Å²) >= 11 is 0. The number of para-hydroxylation sites is 1. The monoisotopic (exact) mass is 632 g/mol. The van der Waals surface area contributed by atoms with Crippen molar-refractivity contribution >= 4 is 39.2 Å². The Labute approximate surface area is 284 Å². The lowest BCUT2D eigenvalue weighted by Crippen LogP contribution is -2.31. The van der Waals surface area contributed by atoms with Gasteiger partial charge in [0.15, 0.2) is 11.5 Å². The van der Waals surface area contributed by atoms with Gasteiger partial charge in [0.2, 0.25) is 5.69 Å². The van der Waals surface area contributed by atoms with Crippen molar-refractivity contribution in [3.8, 4) is 11.1 Å². The van der Waals surface area contributed by atoms with E-state index in [1.54, 1.807) is 0 Å². The van der Waals surface area contributed by atoms with E-state index in [1.807, 2.05) is 61.5 Å². The molecule has 0 atom stereocenters. The molecule has 0 bridgehead atoms. The highest BCUT2D eigenvalue weighted by Crippen LogP contribution is 2.48. The zero-order valence-corrected chi connectivity index (χ0v) is 28.4. The smallest absolute Gasteiger partial charge is 0.213 e. The summed E-state index contributed by atoms with van der Waals surface area (Å²) in [5, 5.41) is 15.5. The molecule has 2 heterocycles. The molecule has 7 rings (SSSR count). The minimum atomic E-state index is -0.129. The van der Waals surface area contributed by atoms with E-state index in [1.165, 1.54) is 31.2 Å². The molecule has 4 aromatic carbocycles. The van der Waals surface area contributed by atoms with Gasteiger partial charge >= 0.3 is 0 Å². The number of nitrogens with zero attached hydrogens (tertiary/aromatic N) is 2. The number of Topliss-reactive ketones (excluding diaryl/α,β-unsaturated/α-hetero) is 1. The molecule has 0 amide bonds. The highest BCUT2D eigenvalue weighted by molar-refractivity contribution is 6.47. The van der Waals surface area contributed by atoms with Crippen LogP contribution in [0.25, 0.3) is 33.2 Å². The molecule has 4 heteroatoms. The van der Waals surface area contributed by atoms with Crippen LogP contribution in [-0.4, -0.2) is 27.2 Å². The number of ketones is 1. The number of allylic oxidation sites excluding steroid dienone is 3. The van der Waals surface area contributed by atoms with Crippen LogP contribution in [0.5, 0.6) is 0 Å². The van der Waals surface area contributed by atoms with E-state index < -0.39 is 0 Å². The predicted molar refractivity (Wildman–Crippen MR) is 196 cm³/mol. The minimum Gasteiger partial charge on any atom is -0.871 e. The van der Waals surface area contributed by atoms with Crippen LogP contribution in [0.3, 0.4) is 0 Å². The Morgan fingerprint density at radius 2 is 1.40 bits per heavy atom. The average molecular weight is 633 g/mol. The summed E-state index contributed by atoms with van der Waals surface area (Å²) in [7, 11) is 0. The van der Waals surface area contributed by atoms with Crippen LogP contribution < -0.4 is 5.11 Å². The number of unbranched alkanes of at least 4 members (excludes halogenated alkanes) is 5. The van der Waals surface area contributed by atoms with Crippen LogP contribution in [0.4, 0.5) is 5.69 Å². The first-order chi connectivity index (χ1) is 23.5. The van der Waals surface area contributed by atoms with Gasteiger partial charge in [-0.05, 0) is 55.2 Å². The fraction of sp³-hybridized carbons (Fsp3) is 0.273. The van der Waals surface area contributed by atoms with E-state index in [4.69, 9.17) is 0 Å². The number of carbonyl (C=O) groups is 1. The summed E-state index contributed by atoms with van der Waals surface area (Å²) in [5.74, 6) is -0.259. The second-order valence-corrected chi connectivity index (χ2v) is 13.1. The van der Waals surface area contributed by atoms with E-state index in [-0.39, 0.29) is 11.5 Å².